The van der Waals surface area contributed by atoms with Gasteiger partial charge in [0.25, 0.3) is 0 Å². The van der Waals surface area contributed by atoms with E-state index in [-0.39, 0.29) is 0 Å². The number of hydrogen-bond acceptors (Lipinski definition) is 3. The minimum absolute atomic E-state index is 1.10. The molecule has 88 valence electrons. The Labute approximate surface area is 106 Å². The fourth-order valence-corrected chi connectivity index (χ4v) is 2.39. The van der Waals surface area contributed by atoms with Crippen LogP contribution in [-0.4, -0.2) is 45.2 Å². The van der Waals surface area contributed by atoms with Crippen molar-refractivity contribution in [3.05, 3.63) is 22.7 Å². The van der Waals surface area contributed by atoms with Gasteiger partial charge in [-0.3, -0.25) is 0 Å². The van der Waals surface area contributed by atoms with Gasteiger partial charge in [0.1, 0.15) is 0 Å². The zero-order valence-corrected chi connectivity index (χ0v) is 11.4. The van der Waals surface area contributed by atoms with E-state index in [1.165, 1.54) is 11.4 Å². The number of benzene rings is 1. The number of rotatable bonds is 2. The van der Waals surface area contributed by atoms with E-state index in [2.05, 4.69) is 56.3 Å². The van der Waals surface area contributed by atoms with Crippen molar-refractivity contribution in [2.45, 2.75) is 0 Å². The van der Waals surface area contributed by atoms with E-state index in [1.807, 2.05) is 7.05 Å². The predicted molar refractivity (Wildman–Crippen MR) is 73.4 cm³/mol. The Hall–Kier alpha value is -0.740. The van der Waals surface area contributed by atoms with Crippen LogP contribution in [0.4, 0.5) is 11.4 Å². The number of likely N-dealkylation sites (N-methyl/N-ethyl adjacent to an activating group) is 1. The first kappa shape index (κ1) is 11.7. The van der Waals surface area contributed by atoms with Gasteiger partial charge in [0.15, 0.2) is 0 Å². The Morgan fingerprint density at radius 2 is 1.88 bits per heavy atom. The summed E-state index contributed by atoms with van der Waals surface area (Å²) in [5.74, 6) is 0. The van der Waals surface area contributed by atoms with Gasteiger partial charge in [-0.15, -0.1) is 0 Å². The third-order valence-corrected chi connectivity index (χ3v) is 3.57. The average Bonchev–Trinajstić information content (AvgIpc) is 2.30. The van der Waals surface area contributed by atoms with E-state index in [0.29, 0.717) is 0 Å². The third kappa shape index (κ3) is 2.50. The standard InChI is InChI=1S/C12H18BrN3/c1-14-11-9-10(13)3-4-12(11)16-7-5-15(2)6-8-16/h3-4,9,14H,5-8H2,1-2H3. The van der Waals surface area contributed by atoms with Gasteiger partial charge >= 0.3 is 0 Å². The molecule has 3 nitrogen and oxygen atoms in total. The smallest absolute Gasteiger partial charge is 0.0603 e. The molecule has 0 radical (unpaired) electrons. The highest BCUT2D eigenvalue weighted by molar-refractivity contribution is 9.10. The van der Waals surface area contributed by atoms with Crippen LogP contribution in [0, 0.1) is 0 Å². The molecule has 2 rings (SSSR count). The normalized spacial score (nSPS) is 17.6. The van der Waals surface area contributed by atoms with E-state index >= 15 is 0 Å². The van der Waals surface area contributed by atoms with Crippen LogP contribution < -0.4 is 10.2 Å². The number of halogens is 1. The van der Waals surface area contributed by atoms with Crippen molar-refractivity contribution in [1.29, 1.82) is 0 Å². The summed E-state index contributed by atoms with van der Waals surface area (Å²) < 4.78 is 1.12. The van der Waals surface area contributed by atoms with Crippen LogP contribution in [0.15, 0.2) is 22.7 Å². The number of hydrogen-bond donors (Lipinski definition) is 1. The van der Waals surface area contributed by atoms with Gasteiger partial charge in [0, 0.05) is 37.7 Å². The van der Waals surface area contributed by atoms with Crippen molar-refractivity contribution in [2.24, 2.45) is 0 Å². The summed E-state index contributed by atoms with van der Waals surface area (Å²) >= 11 is 3.50. The van der Waals surface area contributed by atoms with Crippen LogP contribution in [0.3, 0.4) is 0 Å². The second-order valence-corrected chi connectivity index (χ2v) is 5.12. The molecule has 0 bridgehead atoms. The lowest BCUT2D eigenvalue weighted by atomic mass is 10.2. The molecular weight excluding hydrogens is 266 g/mol. The molecule has 0 atom stereocenters. The van der Waals surface area contributed by atoms with Crippen molar-refractivity contribution in [1.82, 2.24) is 4.90 Å². The summed E-state index contributed by atoms with van der Waals surface area (Å²) in [5, 5.41) is 3.26. The summed E-state index contributed by atoms with van der Waals surface area (Å²) in [6, 6.07) is 6.42. The molecule has 4 heteroatoms. The highest BCUT2D eigenvalue weighted by atomic mass is 79.9. The molecule has 0 aromatic heterocycles. The molecule has 1 aromatic rings. The molecule has 1 saturated heterocycles. The molecule has 1 fully saturated rings. The van der Waals surface area contributed by atoms with Gasteiger partial charge in [0.2, 0.25) is 0 Å². The molecule has 1 N–H and O–H groups in total. The molecule has 1 aliphatic heterocycles. The van der Waals surface area contributed by atoms with Gasteiger partial charge in [-0.05, 0) is 25.2 Å². The lowest BCUT2D eigenvalue weighted by Gasteiger charge is -2.35. The van der Waals surface area contributed by atoms with E-state index in [1.54, 1.807) is 0 Å². The van der Waals surface area contributed by atoms with Gasteiger partial charge in [0.05, 0.1) is 11.4 Å². The molecule has 1 heterocycles. The minimum atomic E-state index is 1.10. The van der Waals surface area contributed by atoms with Gasteiger partial charge in [-0.1, -0.05) is 15.9 Å². The fourth-order valence-electron chi connectivity index (χ4n) is 2.03. The highest BCUT2D eigenvalue weighted by Gasteiger charge is 2.16. The maximum absolute atomic E-state index is 3.50. The first-order valence-electron chi connectivity index (χ1n) is 5.61. The molecule has 16 heavy (non-hydrogen) atoms. The zero-order chi connectivity index (χ0) is 11.5. The minimum Gasteiger partial charge on any atom is -0.386 e. The van der Waals surface area contributed by atoms with E-state index in [0.717, 1.165) is 30.7 Å². The first-order chi connectivity index (χ1) is 7.70. The summed E-state index contributed by atoms with van der Waals surface area (Å²) in [5.41, 5.74) is 2.50. The van der Waals surface area contributed by atoms with Crippen molar-refractivity contribution in [3.8, 4) is 0 Å². The average molecular weight is 284 g/mol. The quantitative estimate of drug-likeness (QED) is 0.898. The van der Waals surface area contributed by atoms with Crippen LogP contribution in [-0.2, 0) is 0 Å². The lowest BCUT2D eigenvalue weighted by molar-refractivity contribution is 0.313. The number of nitrogens with zero attached hydrogens (tertiary/aromatic N) is 2. The molecule has 0 spiro atoms. The second-order valence-electron chi connectivity index (χ2n) is 4.20. The fraction of sp³-hybridized carbons (Fsp3) is 0.500. The van der Waals surface area contributed by atoms with Gasteiger partial charge < -0.3 is 15.1 Å². The predicted octanol–water partition coefficient (Wildman–Crippen LogP) is 2.24. The largest absolute Gasteiger partial charge is 0.386 e. The van der Waals surface area contributed by atoms with Crippen molar-refractivity contribution in [2.75, 3.05) is 50.5 Å². The van der Waals surface area contributed by atoms with E-state index in [9.17, 15) is 0 Å². The van der Waals surface area contributed by atoms with Crippen LogP contribution in [0.25, 0.3) is 0 Å². The molecule has 0 amide bonds. The highest BCUT2D eigenvalue weighted by Crippen LogP contribution is 2.29. The van der Waals surface area contributed by atoms with Crippen LogP contribution in [0.1, 0.15) is 0 Å². The van der Waals surface area contributed by atoms with Crippen molar-refractivity contribution < 1.29 is 0 Å². The zero-order valence-electron chi connectivity index (χ0n) is 9.83. The summed E-state index contributed by atoms with van der Waals surface area (Å²) in [4.78, 5) is 4.81. The van der Waals surface area contributed by atoms with Gasteiger partial charge in [-0.2, -0.15) is 0 Å². The maximum Gasteiger partial charge on any atom is 0.0603 e. The number of nitrogens with one attached hydrogen (secondary N) is 1. The Balaban J connectivity index is 2.19. The molecule has 1 aromatic carbocycles. The SMILES string of the molecule is CNc1cc(Br)ccc1N1CCN(C)CC1. The Bertz CT molecular complexity index is 359. The van der Waals surface area contributed by atoms with Crippen LogP contribution >= 0.6 is 15.9 Å². The summed E-state index contributed by atoms with van der Waals surface area (Å²) in [7, 11) is 4.15. The van der Waals surface area contributed by atoms with Gasteiger partial charge in [-0.25, -0.2) is 0 Å². The topological polar surface area (TPSA) is 18.5 Å². The van der Waals surface area contributed by atoms with E-state index < -0.39 is 0 Å². The monoisotopic (exact) mass is 283 g/mol. The van der Waals surface area contributed by atoms with Crippen LogP contribution in [0.5, 0.6) is 0 Å². The van der Waals surface area contributed by atoms with Crippen molar-refractivity contribution >= 4 is 27.3 Å². The number of anilines is 2. The Morgan fingerprint density at radius 1 is 1.19 bits per heavy atom. The molecule has 1 aliphatic rings. The lowest BCUT2D eigenvalue weighted by Crippen LogP contribution is -2.44. The molecule has 0 saturated carbocycles. The molecule has 0 aliphatic carbocycles. The number of piperazine rings is 1. The third-order valence-electron chi connectivity index (χ3n) is 3.07. The van der Waals surface area contributed by atoms with Crippen LogP contribution in [0.2, 0.25) is 0 Å². The molecular formula is C12H18BrN3. The first-order valence-corrected chi connectivity index (χ1v) is 6.41. The summed E-state index contributed by atoms with van der Waals surface area (Å²) in [6.45, 7) is 4.48. The van der Waals surface area contributed by atoms with E-state index in [4.69, 9.17) is 0 Å². The second kappa shape index (κ2) is 5.06. The summed E-state index contributed by atoms with van der Waals surface area (Å²) in [6.07, 6.45) is 0. The molecule has 0 unspecified atom stereocenters. The Morgan fingerprint density at radius 3 is 2.50 bits per heavy atom. The Kier molecular flexibility index (Phi) is 3.71. The maximum atomic E-state index is 3.50. The van der Waals surface area contributed by atoms with Crippen molar-refractivity contribution in [3.63, 3.8) is 0 Å².